The van der Waals surface area contributed by atoms with Crippen molar-refractivity contribution in [2.24, 2.45) is 5.41 Å². The van der Waals surface area contributed by atoms with Crippen LogP contribution in [0.3, 0.4) is 0 Å². The van der Waals surface area contributed by atoms with Gasteiger partial charge in [-0.25, -0.2) is 4.98 Å². The number of likely N-dealkylation sites (tertiary alicyclic amines) is 1. The Bertz CT molecular complexity index is 603. The Hall–Kier alpha value is -1.65. The number of nitrogens with one attached hydrogen (secondary N) is 1. The van der Waals surface area contributed by atoms with E-state index >= 15 is 0 Å². The molecule has 1 atom stereocenters. The molecular weight excluding hydrogens is 250 g/mol. The van der Waals surface area contributed by atoms with E-state index in [1.54, 1.807) is 0 Å². The molecule has 2 N–H and O–H groups in total. The van der Waals surface area contributed by atoms with Gasteiger partial charge >= 0.3 is 0 Å². The van der Waals surface area contributed by atoms with Gasteiger partial charge in [0.05, 0.1) is 6.10 Å². The summed E-state index contributed by atoms with van der Waals surface area (Å²) in [5, 5.41) is 10.1. The second-order valence-corrected chi connectivity index (χ2v) is 6.17. The second-order valence-electron chi connectivity index (χ2n) is 6.17. The summed E-state index contributed by atoms with van der Waals surface area (Å²) in [5.41, 5.74) is 2.45. The van der Waals surface area contributed by atoms with Crippen LogP contribution in [0.1, 0.15) is 18.5 Å². The van der Waals surface area contributed by atoms with Gasteiger partial charge in [0.1, 0.15) is 5.82 Å². The highest BCUT2D eigenvalue weighted by atomic mass is 16.3. The van der Waals surface area contributed by atoms with Crippen molar-refractivity contribution in [3.8, 4) is 11.4 Å². The average Bonchev–Trinajstić information content (AvgIpc) is 2.98. The summed E-state index contributed by atoms with van der Waals surface area (Å²) in [6.45, 7) is 2.66. The van der Waals surface area contributed by atoms with Crippen molar-refractivity contribution in [1.82, 2.24) is 14.9 Å². The molecule has 2 aromatic rings. The molecule has 1 unspecified atom stereocenters. The van der Waals surface area contributed by atoms with Crippen LogP contribution in [0.2, 0.25) is 0 Å². The van der Waals surface area contributed by atoms with E-state index in [1.807, 2.05) is 24.4 Å². The first kappa shape index (κ1) is 12.1. The Balaban J connectivity index is 1.47. The molecule has 1 saturated heterocycles. The maximum atomic E-state index is 10.1. The number of nitrogens with zero attached hydrogens (tertiary/aromatic N) is 2. The van der Waals surface area contributed by atoms with Gasteiger partial charge in [-0.05, 0) is 12.8 Å². The van der Waals surface area contributed by atoms with Crippen LogP contribution in [0.15, 0.2) is 36.5 Å². The predicted molar refractivity (Wildman–Crippen MR) is 77.0 cm³/mol. The summed E-state index contributed by atoms with van der Waals surface area (Å²) in [4.78, 5) is 10.2. The molecule has 1 aliphatic heterocycles. The Morgan fingerprint density at radius 1 is 1.30 bits per heavy atom. The van der Waals surface area contributed by atoms with Crippen LogP contribution >= 0.6 is 0 Å². The van der Waals surface area contributed by atoms with Gasteiger partial charge in [0.15, 0.2) is 0 Å². The highest BCUT2D eigenvalue weighted by Crippen LogP contribution is 2.52. The maximum absolute atomic E-state index is 10.1. The molecule has 4 rings (SSSR count). The van der Waals surface area contributed by atoms with Crippen LogP contribution in [-0.2, 0) is 6.54 Å². The van der Waals surface area contributed by atoms with Gasteiger partial charge in [-0.1, -0.05) is 30.3 Å². The number of benzene rings is 1. The fourth-order valence-electron chi connectivity index (χ4n) is 3.25. The molecule has 2 aliphatic rings. The summed E-state index contributed by atoms with van der Waals surface area (Å²) in [6, 6.07) is 10.2. The van der Waals surface area contributed by atoms with Crippen LogP contribution in [-0.4, -0.2) is 39.2 Å². The number of hydrogen-bond acceptors (Lipinski definition) is 3. The quantitative estimate of drug-likeness (QED) is 0.896. The van der Waals surface area contributed by atoms with Crippen molar-refractivity contribution in [3.63, 3.8) is 0 Å². The van der Waals surface area contributed by atoms with E-state index in [0.29, 0.717) is 0 Å². The minimum atomic E-state index is -0.140. The lowest BCUT2D eigenvalue weighted by molar-refractivity contribution is 0.131. The third-order valence-electron chi connectivity index (χ3n) is 4.64. The van der Waals surface area contributed by atoms with Gasteiger partial charge in [0.2, 0.25) is 0 Å². The number of hydrogen-bond donors (Lipinski definition) is 2. The molecule has 1 aromatic heterocycles. The molecule has 1 aliphatic carbocycles. The Morgan fingerprint density at radius 2 is 2.10 bits per heavy atom. The van der Waals surface area contributed by atoms with E-state index in [4.69, 9.17) is 0 Å². The first-order valence-electron chi connectivity index (χ1n) is 7.25. The predicted octanol–water partition coefficient (Wildman–Crippen LogP) is 2.03. The molecule has 4 nitrogen and oxygen atoms in total. The van der Waals surface area contributed by atoms with Crippen molar-refractivity contribution in [2.45, 2.75) is 25.5 Å². The van der Waals surface area contributed by atoms with E-state index in [2.05, 4.69) is 27.0 Å². The fraction of sp³-hybridized carbons (Fsp3) is 0.438. The zero-order valence-electron chi connectivity index (χ0n) is 11.4. The van der Waals surface area contributed by atoms with Crippen LogP contribution in [0.25, 0.3) is 11.4 Å². The summed E-state index contributed by atoms with van der Waals surface area (Å²) in [7, 11) is 0. The topological polar surface area (TPSA) is 52.1 Å². The molecule has 0 bridgehead atoms. The monoisotopic (exact) mass is 269 g/mol. The lowest BCUT2D eigenvalue weighted by atomic mass is 10.0. The summed E-state index contributed by atoms with van der Waals surface area (Å²) < 4.78 is 0. The smallest absolute Gasteiger partial charge is 0.137 e. The third-order valence-corrected chi connectivity index (χ3v) is 4.64. The minimum absolute atomic E-state index is 0.140. The molecule has 4 heteroatoms. The lowest BCUT2D eigenvalue weighted by Gasteiger charge is -2.13. The number of imidazole rings is 1. The molecule has 1 aromatic carbocycles. The Morgan fingerprint density at radius 3 is 2.80 bits per heavy atom. The van der Waals surface area contributed by atoms with Crippen molar-refractivity contribution in [2.75, 3.05) is 13.1 Å². The van der Waals surface area contributed by atoms with Crippen molar-refractivity contribution >= 4 is 0 Å². The highest BCUT2D eigenvalue weighted by Gasteiger charge is 2.54. The zero-order valence-corrected chi connectivity index (χ0v) is 11.4. The van der Waals surface area contributed by atoms with Crippen LogP contribution in [0.4, 0.5) is 0 Å². The van der Waals surface area contributed by atoms with E-state index in [0.717, 1.165) is 36.7 Å². The number of aromatic nitrogens is 2. The van der Waals surface area contributed by atoms with E-state index in [-0.39, 0.29) is 11.5 Å². The van der Waals surface area contributed by atoms with Crippen LogP contribution in [0.5, 0.6) is 0 Å². The molecule has 1 spiro atoms. The molecule has 0 radical (unpaired) electrons. The summed E-state index contributed by atoms with van der Waals surface area (Å²) >= 11 is 0. The van der Waals surface area contributed by atoms with Crippen molar-refractivity contribution in [3.05, 3.63) is 42.2 Å². The normalized spacial score (nSPS) is 24.4. The van der Waals surface area contributed by atoms with Gasteiger partial charge in [-0.15, -0.1) is 0 Å². The van der Waals surface area contributed by atoms with Crippen molar-refractivity contribution in [1.29, 1.82) is 0 Å². The number of aromatic amines is 1. The molecule has 20 heavy (non-hydrogen) atoms. The Labute approximate surface area is 118 Å². The lowest BCUT2D eigenvalue weighted by Crippen LogP contribution is -2.21. The Kier molecular flexibility index (Phi) is 2.69. The van der Waals surface area contributed by atoms with Gasteiger partial charge in [0, 0.05) is 42.5 Å². The van der Waals surface area contributed by atoms with Gasteiger partial charge in [-0.3, -0.25) is 4.90 Å². The summed E-state index contributed by atoms with van der Waals surface area (Å²) in [5.74, 6) is 0.918. The number of β-amino-alcohol motifs (C(OH)–C–C–N with tert-alkyl or cyclic N) is 1. The summed E-state index contributed by atoms with van der Waals surface area (Å²) in [6.07, 6.45) is 4.14. The van der Waals surface area contributed by atoms with Gasteiger partial charge in [0.25, 0.3) is 0 Å². The van der Waals surface area contributed by atoms with Gasteiger partial charge in [-0.2, -0.15) is 0 Å². The van der Waals surface area contributed by atoms with Crippen LogP contribution < -0.4 is 0 Å². The SMILES string of the molecule is OC1CN(Cc2cnc(-c3ccccc3)[nH]2)CC12CC2. The largest absolute Gasteiger partial charge is 0.391 e. The third kappa shape index (κ3) is 2.05. The molecule has 1 saturated carbocycles. The van der Waals surface area contributed by atoms with Crippen LogP contribution in [0, 0.1) is 5.41 Å². The zero-order chi connectivity index (χ0) is 13.6. The molecule has 2 heterocycles. The minimum Gasteiger partial charge on any atom is -0.391 e. The van der Waals surface area contributed by atoms with E-state index < -0.39 is 0 Å². The molecule has 104 valence electrons. The van der Waals surface area contributed by atoms with E-state index in [9.17, 15) is 5.11 Å². The number of aliphatic hydroxyl groups is 1. The standard InChI is InChI=1S/C16H19N3O/c20-14-10-19(11-16(14)6-7-16)9-13-8-17-15(18-13)12-4-2-1-3-5-12/h1-5,8,14,20H,6-7,9-11H2,(H,17,18). The first-order chi connectivity index (χ1) is 9.75. The number of aliphatic hydroxyl groups excluding tert-OH is 1. The number of rotatable bonds is 3. The van der Waals surface area contributed by atoms with Crippen molar-refractivity contribution < 1.29 is 5.11 Å². The molecule has 2 fully saturated rings. The first-order valence-corrected chi connectivity index (χ1v) is 7.25. The second kappa shape index (κ2) is 4.43. The van der Waals surface area contributed by atoms with E-state index in [1.165, 1.54) is 12.8 Å². The average molecular weight is 269 g/mol. The highest BCUT2D eigenvalue weighted by molar-refractivity contribution is 5.54. The fourth-order valence-corrected chi connectivity index (χ4v) is 3.25. The number of H-pyrrole nitrogens is 1. The molecular formula is C16H19N3O. The molecule has 0 amide bonds. The maximum Gasteiger partial charge on any atom is 0.137 e. The van der Waals surface area contributed by atoms with Gasteiger partial charge < -0.3 is 10.1 Å².